The number of aliphatic carboxylic acids is 1. The maximum atomic E-state index is 12.1. The summed E-state index contributed by atoms with van der Waals surface area (Å²) >= 11 is 0. The molecule has 1 rings (SSSR count). The highest BCUT2D eigenvalue weighted by Crippen LogP contribution is 2.13. The topological polar surface area (TPSA) is 122 Å². The lowest BCUT2D eigenvalue weighted by atomic mass is 10.3. The van der Waals surface area contributed by atoms with Gasteiger partial charge in [-0.25, -0.2) is 9.59 Å². The smallest absolute Gasteiger partial charge is 0.404 e. The van der Waals surface area contributed by atoms with E-state index in [-0.39, 0.29) is 26.1 Å². The fraction of sp³-hybridized carbons (Fsp3) is 0.308. The third-order valence-electron chi connectivity index (χ3n) is 2.48. The number of hydrogen-bond donors (Lipinski definition) is 3. The summed E-state index contributed by atoms with van der Waals surface area (Å²) in [6.07, 6.45) is -1.10. The van der Waals surface area contributed by atoms with Crippen LogP contribution in [0, 0.1) is 0 Å². The normalized spacial score (nSPS) is 9.71. The molecule has 8 heteroatoms. The second-order valence-corrected chi connectivity index (χ2v) is 4.03. The van der Waals surface area contributed by atoms with Crippen molar-refractivity contribution in [2.24, 2.45) is 5.73 Å². The zero-order valence-corrected chi connectivity index (χ0v) is 11.3. The molecule has 0 radical (unpaired) electrons. The minimum absolute atomic E-state index is 0.0296. The van der Waals surface area contributed by atoms with Crippen molar-refractivity contribution in [2.75, 3.05) is 24.6 Å². The summed E-state index contributed by atoms with van der Waals surface area (Å²) in [5, 5.41) is 11.3. The van der Waals surface area contributed by atoms with Crippen LogP contribution in [0.3, 0.4) is 0 Å². The summed E-state index contributed by atoms with van der Waals surface area (Å²) in [5.41, 5.74) is 5.37. The lowest BCUT2D eigenvalue weighted by Gasteiger charge is -2.22. The third-order valence-corrected chi connectivity index (χ3v) is 2.48. The van der Waals surface area contributed by atoms with Crippen LogP contribution >= 0.6 is 0 Å². The quantitative estimate of drug-likeness (QED) is 0.641. The summed E-state index contributed by atoms with van der Waals surface area (Å²) in [5.74, 6) is -0.999. The summed E-state index contributed by atoms with van der Waals surface area (Å²) in [4.78, 5) is 34.4. The Morgan fingerprint density at radius 3 is 2.48 bits per heavy atom. The van der Waals surface area contributed by atoms with E-state index in [0.717, 1.165) is 0 Å². The molecule has 0 atom stereocenters. The number of amides is 3. The van der Waals surface area contributed by atoms with E-state index in [0.29, 0.717) is 5.69 Å². The number of nitrogens with zero attached hydrogens (tertiary/aromatic N) is 1. The van der Waals surface area contributed by atoms with Crippen LogP contribution < -0.4 is 16.0 Å². The molecule has 0 heterocycles. The number of carbonyl (C=O) groups is 3. The highest BCUT2D eigenvalue weighted by molar-refractivity contribution is 5.92. The number of nitrogens with one attached hydrogen (secondary N) is 1. The van der Waals surface area contributed by atoms with Crippen LogP contribution in [-0.2, 0) is 9.53 Å². The van der Waals surface area contributed by atoms with Crippen molar-refractivity contribution in [2.45, 2.75) is 6.42 Å². The van der Waals surface area contributed by atoms with Gasteiger partial charge >= 0.3 is 18.1 Å². The van der Waals surface area contributed by atoms with Gasteiger partial charge in [-0.3, -0.25) is 9.69 Å². The first-order valence-corrected chi connectivity index (χ1v) is 6.25. The number of ether oxygens (including phenoxy) is 1. The molecule has 1 aromatic rings. The number of hydrogen-bond acceptors (Lipinski definition) is 4. The summed E-state index contributed by atoms with van der Waals surface area (Å²) in [6, 6.07) is 8.19. The molecule has 0 bridgehead atoms. The predicted molar refractivity (Wildman–Crippen MR) is 75.0 cm³/mol. The number of nitrogens with two attached hydrogens (primary N) is 1. The first kappa shape index (κ1) is 16.3. The van der Waals surface area contributed by atoms with E-state index in [2.05, 4.69) is 10.1 Å². The summed E-state index contributed by atoms with van der Waals surface area (Å²) in [7, 11) is 0. The Balaban J connectivity index is 2.61. The number of carboxylic acids is 1. The van der Waals surface area contributed by atoms with Gasteiger partial charge in [-0.1, -0.05) is 18.2 Å². The standard InChI is InChI=1S/C13H17N3O5/c14-12(19)21-9-7-15-13(20)16(8-6-11(17)18)10-4-2-1-3-5-10/h1-5H,6-9H2,(H2,14,19)(H,15,20)(H,17,18). The van der Waals surface area contributed by atoms with Gasteiger partial charge in [0.25, 0.3) is 0 Å². The highest BCUT2D eigenvalue weighted by atomic mass is 16.5. The molecular formula is C13H17N3O5. The van der Waals surface area contributed by atoms with Gasteiger partial charge in [0.15, 0.2) is 0 Å². The van der Waals surface area contributed by atoms with Crippen molar-refractivity contribution >= 4 is 23.8 Å². The van der Waals surface area contributed by atoms with E-state index < -0.39 is 18.1 Å². The molecule has 0 fully saturated rings. The van der Waals surface area contributed by atoms with E-state index in [1.807, 2.05) is 0 Å². The monoisotopic (exact) mass is 295 g/mol. The Morgan fingerprint density at radius 1 is 1.24 bits per heavy atom. The van der Waals surface area contributed by atoms with E-state index in [4.69, 9.17) is 10.8 Å². The number of rotatable bonds is 7. The van der Waals surface area contributed by atoms with Gasteiger partial charge in [-0.15, -0.1) is 0 Å². The van der Waals surface area contributed by atoms with Gasteiger partial charge in [-0.05, 0) is 12.1 Å². The first-order chi connectivity index (χ1) is 10.0. The van der Waals surface area contributed by atoms with Crippen LogP contribution in [0.4, 0.5) is 15.3 Å². The molecule has 0 saturated carbocycles. The Kier molecular flexibility index (Phi) is 6.52. The van der Waals surface area contributed by atoms with Crippen LogP contribution in [-0.4, -0.2) is 42.9 Å². The largest absolute Gasteiger partial charge is 0.481 e. The maximum absolute atomic E-state index is 12.1. The molecule has 21 heavy (non-hydrogen) atoms. The molecule has 0 saturated heterocycles. The van der Waals surface area contributed by atoms with Crippen molar-refractivity contribution in [3.05, 3.63) is 30.3 Å². The van der Waals surface area contributed by atoms with E-state index in [1.54, 1.807) is 30.3 Å². The number of benzene rings is 1. The Hall–Kier alpha value is -2.77. The summed E-state index contributed by atoms with van der Waals surface area (Å²) < 4.78 is 4.49. The number of urea groups is 1. The van der Waals surface area contributed by atoms with Crippen molar-refractivity contribution in [1.29, 1.82) is 0 Å². The average molecular weight is 295 g/mol. The highest BCUT2D eigenvalue weighted by Gasteiger charge is 2.16. The molecule has 1 aromatic carbocycles. The van der Waals surface area contributed by atoms with Crippen molar-refractivity contribution in [3.63, 3.8) is 0 Å². The molecule has 0 aliphatic rings. The number of carbonyl (C=O) groups excluding carboxylic acids is 2. The number of anilines is 1. The lowest BCUT2D eigenvalue weighted by Crippen LogP contribution is -2.42. The zero-order valence-electron chi connectivity index (χ0n) is 11.3. The molecule has 3 amide bonds. The van der Waals surface area contributed by atoms with Gasteiger partial charge in [0.1, 0.15) is 6.61 Å². The van der Waals surface area contributed by atoms with Crippen LogP contribution in [0.5, 0.6) is 0 Å². The Labute approximate surface area is 121 Å². The van der Waals surface area contributed by atoms with E-state index in [9.17, 15) is 14.4 Å². The number of carboxylic acid groups (broad SMARTS) is 1. The fourth-order valence-electron chi connectivity index (χ4n) is 1.57. The minimum Gasteiger partial charge on any atom is -0.481 e. The Morgan fingerprint density at radius 2 is 1.90 bits per heavy atom. The Bertz CT molecular complexity index is 492. The zero-order chi connectivity index (χ0) is 15.7. The fourth-order valence-corrected chi connectivity index (χ4v) is 1.57. The molecule has 4 N–H and O–H groups in total. The van der Waals surface area contributed by atoms with Crippen LogP contribution in [0.15, 0.2) is 30.3 Å². The van der Waals surface area contributed by atoms with Gasteiger partial charge in [0, 0.05) is 12.2 Å². The molecular weight excluding hydrogens is 278 g/mol. The predicted octanol–water partition coefficient (Wildman–Crippen LogP) is 0.773. The van der Waals surface area contributed by atoms with Crippen LogP contribution in [0.1, 0.15) is 6.42 Å². The minimum atomic E-state index is -0.999. The average Bonchev–Trinajstić information content (AvgIpc) is 2.44. The van der Waals surface area contributed by atoms with Gasteiger partial charge in [0.05, 0.1) is 13.0 Å². The molecule has 0 unspecified atom stereocenters. The molecule has 114 valence electrons. The van der Waals surface area contributed by atoms with Crippen molar-refractivity contribution in [1.82, 2.24) is 5.32 Å². The third kappa shape index (κ3) is 6.28. The second kappa shape index (κ2) is 8.41. The molecule has 0 aromatic heterocycles. The summed E-state index contributed by atoms with van der Waals surface area (Å²) in [6.45, 7) is 0.0582. The number of primary amides is 1. The van der Waals surface area contributed by atoms with Crippen LogP contribution in [0.25, 0.3) is 0 Å². The molecule has 0 aliphatic carbocycles. The SMILES string of the molecule is NC(=O)OCCNC(=O)N(CCC(=O)O)c1ccccc1. The van der Waals surface area contributed by atoms with Crippen molar-refractivity contribution in [3.8, 4) is 0 Å². The molecule has 8 nitrogen and oxygen atoms in total. The first-order valence-electron chi connectivity index (χ1n) is 6.25. The van der Waals surface area contributed by atoms with E-state index >= 15 is 0 Å². The molecule has 0 spiro atoms. The van der Waals surface area contributed by atoms with Gasteiger partial charge in [0.2, 0.25) is 0 Å². The molecule has 0 aliphatic heterocycles. The van der Waals surface area contributed by atoms with Crippen LogP contribution in [0.2, 0.25) is 0 Å². The maximum Gasteiger partial charge on any atom is 0.404 e. The van der Waals surface area contributed by atoms with Gasteiger partial charge < -0.3 is 20.9 Å². The number of para-hydroxylation sites is 1. The van der Waals surface area contributed by atoms with Gasteiger partial charge in [-0.2, -0.15) is 0 Å². The second-order valence-electron chi connectivity index (χ2n) is 4.03. The lowest BCUT2D eigenvalue weighted by molar-refractivity contribution is -0.136. The van der Waals surface area contributed by atoms with E-state index in [1.165, 1.54) is 4.90 Å². The van der Waals surface area contributed by atoms with Crippen molar-refractivity contribution < 1.29 is 24.2 Å².